The Balaban J connectivity index is 1.43. The predicted octanol–water partition coefficient (Wildman–Crippen LogP) is 6.54. The Bertz CT molecular complexity index is 1470. The molecule has 1 aromatic heterocycles. The minimum atomic E-state index is -2.32. The smallest absolute Gasteiger partial charge is 0.227 e. The van der Waals surface area contributed by atoms with Crippen molar-refractivity contribution >= 4 is 25.6 Å². The van der Waals surface area contributed by atoms with Gasteiger partial charge in [0.25, 0.3) is 0 Å². The van der Waals surface area contributed by atoms with Gasteiger partial charge in [-0.3, -0.25) is 0 Å². The topological polar surface area (TPSA) is 97.1 Å². The van der Waals surface area contributed by atoms with Crippen LogP contribution < -0.4 is 10.6 Å². The van der Waals surface area contributed by atoms with Gasteiger partial charge in [-0.25, -0.2) is 9.97 Å². The van der Waals surface area contributed by atoms with Gasteiger partial charge in [-0.05, 0) is 85.9 Å². The molecule has 3 aromatic rings. The van der Waals surface area contributed by atoms with E-state index < -0.39 is 8.32 Å². The van der Waals surface area contributed by atoms with Crippen molar-refractivity contribution in [3.8, 4) is 17.3 Å². The fourth-order valence-electron chi connectivity index (χ4n) is 5.68. The molecule has 0 aliphatic carbocycles. The molecular formula is C32H42N6OSi. The van der Waals surface area contributed by atoms with Crippen molar-refractivity contribution in [2.24, 2.45) is 0 Å². The van der Waals surface area contributed by atoms with Crippen LogP contribution in [0.1, 0.15) is 61.8 Å². The number of anilines is 3. The lowest BCUT2D eigenvalue weighted by atomic mass is 9.77. The predicted molar refractivity (Wildman–Crippen MR) is 166 cm³/mol. The van der Waals surface area contributed by atoms with Crippen molar-refractivity contribution in [1.29, 1.82) is 5.26 Å². The molecule has 0 spiro atoms. The molecule has 2 aromatic carbocycles. The summed E-state index contributed by atoms with van der Waals surface area (Å²) in [6, 6.07) is 15.0. The zero-order valence-corrected chi connectivity index (χ0v) is 25.9. The number of nitriles is 1. The van der Waals surface area contributed by atoms with Crippen molar-refractivity contribution < 1.29 is 4.80 Å². The van der Waals surface area contributed by atoms with Crippen LogP contribution in [0.2, 0.25) is 18.1 Å². The molecule has 0 unspecified atom stereocenters. The summed E-state index contributed by atoms with van der Waals surface area (Å²) in [6.07, 6.45) is 3.62. The number of aromatic nitrogens is 2. The second kappa shape index (κ2) is 10.3. The molecule has 8 heteroatoms. The van der Waals surface area contributed by atoms with E-state index in [4.69, 9.17) is 4.98 Å². The Morgan fingerprint density at radius 3 is 2.65 bits per heavy atom. The Labute approximate surface area is 239 Å². The van der Waals surface area contributed by atoms with Gasteiger partial charge in [0.1, 0.15) is 6.07 Å². The van der Waals surface area contributed by atoms with Crippen molar-refractivity contribution in [2.75, 3.05) is 37.3 Å². The van der Waals surface area contributed by atoms with Gasteiger partial charge in [0.15, 0.2) is 8.32 Å². The molecule has 40 heavy (non-hydrogen) atoms. The number of hydrogen-bond acceptors (Lipinski definition) is 7. The van der Waals surface area contributed by atoms with E-state index in [1.165, 1.54) is 5.56 Å². The fourth-order valence-corrected chi connectivity index (χ4v) is 6.42. The van der Waals surface area contributed by atoms with Gasteiger partial charge in [0, 0.05) is 48.4 Å². The van der Waals surface area contributed by atoms with Crippen LogP contribution in [0.4, 0.5) is 17.3 Å². The average molecular weight is 555 g/mol. The number of nitrogens with zero attached hydrogens (tertiary/aromatic N) is 4. The molecule has 3 N–H and O–H groups in total. The van der Waals surface area contributed by atoms with Crippen LogP contribution in [0.15, 0.2) is 42.6 Å². The highest BCUT2D eigenvalue weighted by molar-refractivity contribution is 6.72. The number of nitrogens with one attached hydrogen (secondary N) is 2. The Morgan fingerprint density at radius 2 is 1.98 bits per heavy atom. The van der Waals surface area contributed by atoms with E-state index >= 15 is 0 Å². The van der Waals surface area contributed by atoms with E-state index in [9.17, 15) is 10.1 Å². The minimum Gasteiger partial charge on any atom is -0.432 e. The molecular weight excluding hydrogens is 512 g/mol. The minimum absolute atomic E-state index is 0.106. The third kappa shape index (κ3) is 5.38. The SMILES string of the molecule is Cc1ccc(C2CN(C)C2)cc1Nc1nccc(-c2cc(C#N)c3c(c2)[C@@](C)(CCC(C)(C)[Si](C)(C)O)CN3)n1. The zero-order chi connectivity index (χ0) is 28.9. The van der Waals surface area contributed by atoms with Crippen molar-refractivity contribution in [3.63, 3.8) is 0 Å². The van der Waals surface area contributed by atoms with E-state index in [0.29, 0.717) is 17.4 Å². The summed E-state index contributed by atoms with van der Waals surface area (Å²) < 4.78 is 0. The van der Waals surface area contributed by atoms with Gasteiger partial charge >= 0.3 is 0 Å². The first-order chi connectivity index (χ1) is 18.8. The number of benzene rings is 2. The van der Waals surface area contributed by atoms with E-state index in [2.05, 4.69) is 85.6 Å². The first-order valence-electron chi connectivity index (χ1n) is 14.2. The lowest BCUT2D eigenvalue weighted by Crippen LogP contribution is -2.41. The standard InChI is InChI=1S/C32H42N6OSi/c1-21-8-9-22(25-18-38(5)19-25)16-28(21)37-30-34-13-10-27(36-30)23-14-24(17-33)29-26(15-23)32(4,20-35-29)12-11-31(2,3)40(6,7)39/h8-10,13-16,25,35,39H,11-12,18-20H2,1-7H3,(H,34,36,37)/t32-/m0/s1. The van der Waals surface area contributed by atoms with Gasteiger partial charge in [-0.15, -0.1) is 0 Å². The van der Waals surface area contributed by atoms with Crippen LogP contribution in [0.5, 0.6) is 0 Å². The number of rotatable bonds is 8. The average Bonchev–Trinajstić information content (AvgIpc) is 3.23. The van der Waals surface area contributed by atoms with Crippen molar-refractivity contribution in [3.05, 3.63) is 64.8 Å². The summed E-state index contributed by atoms with van der Waals surface area (Å²) in [4.78, 5) is 22.6. The number of aryl methyl sites for hydroxylation is 1. The van der Waals surface area contributed by atoms with Crippen LogP contribution in [-0.2, 0) is 5.41 Å². The Hall–Kier alpha value is -3.25. The van der Waals surface area contributed by atoms with Gasteiger partial charge in [0.2, 0.25) is 5.95 Å². The first kappa shape index (κ1) is 28.3. The largest absolute Gasteiger partial charge is 0.432 e. The number of likely N-dealkylation sites (tertiary alicyclic amines) is 1. The van der Waals surface area contributed by atoms with E-state index in [1.807, 2.05) is 25.2 Å². The van der Waals surface area contributed by atoms with E-state index in [0.717, 1.165) is 66.2 Å². The highest BCUT2D eigenvalue weighted by Gasteiger charge is 2.42. The maximum Gasteiger partial charge on any atom is 0.227 e. The maximum atomic E-state index is 10.8. The van der Waals surface area contributed by atoms with E-state index in [1.54, 1.807) is 6.20 Å². The second-order valence-corrected chi connectivity index (χ2v) is 17.8. The molecule has 7 nitrogen and oxygen atoms in total. The van der Waals surface area contributed by atoms with Gasteiger partial charge in [0.05, 0.1) is 16.9 Å². The molecule has 1 atom stereocenters. The van der Waals surface area contributed by atoms with E-state index in [-0.39, 0.29) is 10.5 Å². The zero-order valence-electron chi connectivity index (χ0n) is 24.9. The van der Waals surface area contributed by atoms with Gasteiger partial charge in [-0.2, -0.15) is 5.26 Å². The highest BCUT2D eigenvalue weighted by atomic mass is 28.4. The summed E-state index contributed by atoms with van der Waals surface area (Å²) >= 11 is 0. The van der Waals surface area contributed by atoms with Crippen LogP contribution >= 0.6 is 0 Å². The summed E-state index contributed by atoms with van der Waals surface area (Å²) in [6.45, 7) is 15.7. The maximum absolute atomic E-state index is 10.8. The van der Waals surface area contributed by atoms with Crippen LogP contribution in [-0.4, -0.2) is 54.7 Å². The van der Waals surface area contributed by atoms with Crippen LogP contribution in [0.25, 0.3) is 11.3 Å². The Morgan fingerprint density at radius 1 is 1.23 bits per heavy atom. The molecule has 1 fully saturated rings. The third-order valence-electron chi connectivity index (χ3n) is 9.52. The Kier molecular flexibility index (Phi) is 7.28. The molecule has 0 radical (unpaired) electrons. The molecule has 5 rings (SSSR count). The molecule has 2 aliphatic heterocycles. The summed E-state index contributed by atoms with van der Waals surface area (Å²) in [5.41, 5.74) is 7.76. The number of hydrogen-bond donors (Lipinski definition) is 3. The second-order valence-electron chi connectivity index (χ2n) is 13.3. The molecule has 0 saturated carbocycles. The quantitative estimate of drug-likeness (QED) is 0.272. The third-order valence-corrected chi connectivity index (χ3v) is 13.1. The lowest BCUT2D eigenvalue weighted by Gasteiger charge is -2.38. The molecule has 0 bridgehead atoms. The number of fused-ring (bicyclic) bond motifs is 1. The summed E-state index contributed by atoms with van der Waals surface area (Å²) in [5, 5.41) is 16.9. The van der Waals surface area contributed by atoms with Crippen molar-refractivity contribution in [1.82, 2.24) is 14.9 Å². The molecule has 2 aliphatic rings. The molecule has 210 valence electrons. The molecule has 1 saturated heterocycles. The first-order valence-corrected chi connectivity index (χ1v) is 17.2. The summed E-state index contributed by atoms with van der Waals surface area (Å²) in [7, 11) is -0.167. The molecule has 0 amide bonds. The normalized spacial score (nSPS) is 19.5. The molecule has 3 heterocycles. The fraction of sp³-hybridized carbons (Fsp3) is 0.469. The van der Waals surface area contributed by atoms with Gasteiger partial charge < -0.3 is 20.3 Å². The number of likely N-dealkylation sites (N-methyl/N-ethyl adjacent to an activating group) is 1. The van der Waals surface area contributed by atoms with Gasteiger partial charge in [-0.1, -0.05) is 32.9 Å². The highest BCUT2D eigenvalue weighted by Crippen LogP contribution is 2.48. The lowest BCUT2D eigenvalue weighted by molar-refractivity contribution is 0.190. The monoisotopic (exact) mass is 554 g/mol. The van der Waals surface area contributed by atoms with Crippen LogP contribution in [0, 0.1) is 18.3 Å². The summed E-state index contributed by atoms with van der Waals surface area (Å²) in [5.74, 6) is 1.11. The van der Waals surface area contributed by atoms with Crippen molar-refractivity contribution in [2.45, 2.75) is 70.0 Å². The van der Waals surface area contributed by atoms with Crippen LogP contribution in [0.3, 0.4) is 0 Å².